The third-order valence-electron chi connectivity index (χ3n) is 4.09. The smallest absolute Gasteiger partial charge is 0.224 e. The number of amides is 1. The molecule has 1 unspecified atom stereocenters. The van der Waals surface area contributed by atoms with Crippen LogP contribution in [0.5, 0.6) is 11.5 Å². The third-order valence-corrected chi connectivity index (χ3v) is 4.09. The van der Waals surface area contributed by atoms with E-state index in [-0.39, 0.29) is 12.0 Å². The van der Waals surface area contributed by atoms with E-state index < -0.39 is 0 Å². The van der Waals surface area contributed by atoms with Gasteiger partial charge in [-0.05, 0) is 36.6 Å². The Hall–Kier alpha value is -2.53. The molecule has 0 spiro atoms. The molecule has 1 N–H and O–H groups in total. The molecule has 1 atom stereocenters. The van der Waals surface area contributed by atoms with Crippen molar-refractivity contribution in [2.24, 2.45) is 0 Å². The van der Waals surface area contributed by atoms with Gasteiger partial charge in [0, 0.05) is 13.2 Å². The zero-order valence-corrected chi connectivity index (χ0v) is 15.7. The van der Waals surface area contributed by atoms with Gasteiger partial charge in [-0.15, -0.1) is 0 Å². The first kappa shape index (κ1) is 19.8. The summed E-state index contributed by atoms with van der Waals surface area (Å²) >= 11 is 0. The van der Waals surface area contributed by atoms with Gasteiger partial charge in [0.2, 0.25) is 5.91 Å². The summed E-state index contributed by atoms with van der Waals surface area (Å²) in [6.07, 6.45) is 1.13. The minimum absolute atomic E-state index is 0.0201. The molecule has 140 valence electrons. The van der Waals surface area contributed by atoms with E-state index in [2.05, 4.69) is 17.4 Å². The third kappa shape index (κ3) is 6.08. The predicted molar refractivity (Wildman–Crippen MR) is 102 cm³/mol. The maximum atomic E-state index is 12.1. The average molecular weight is 357 g/mol. The number of rotatable bonds is 10. The zero-order chi connectivity index (χ0) is 18.8. The highest BCUT2D eigenvalue weighted by molar-refractivity contribution is 5.78. The van der Waals surface area contributed by atoms with Crippen LogP contribution in [0.2, 0.25) is 0 Å². The SMILES string of the molecule is COc1ccc(CC(=O)NCCCOC(C)c2ccccc2)cc1OC. The fourth-order valence-corrected chi connectivity index (χ4v) is 2.62. The molecule has 0 fully saturated rings. The van der Waals surface area contributed by atoms with Crippen molar-refractivity contribution in [3.05, 3.63) is 59.7 Å². The second-order valence-corrected chi connectivity index (χ2v) is 5.99. The number of ether oxygens (including phenoxy) is 3. The lowest BCUT2D eigenvalue weighted by Gasteiger charge is -2.13. The minimum atomic E-state index is -0.0201. The van der Waals surface area contributed by atoms with E-state index in [0.717, 1.165) is 17.5 Å². The molecule has 0 bridgehead atoms. The summed E-state index contributed by atoms with van der Waals surface area (Å²) in [6.45, 7) is 3.23. The standard InChI is InChI=1S/C21H27NO4/c1-16(18-8-5-4-6-9-18)26-13-7-12-22-21(23)15-17-10-11-19(24-2)20(14-17)25-3/h4-6,8-11,14,16H,7,12-13,15H2,1-3H3,(H,22,23). The Morgan fingerprint density at radius 2 is 1.77 bits per heavy atom. The van der Waals surface area contributed by atoms with E-state index in [1.54, 1.807) is 20.3 Å². The number of hydrogen-bond acceptors (Lipinski definition) is 4. The lowest BCUT2D eigenvalue weighted by molar-refractivity contribution is -0.120. The zero-order valence-electron chi connectivity index (χ0n) is 15.7. The molecule has 26 heavy (non-hydrogen) atoms. The summed E-state index contributed by atoms with van der Waals surface area (Å²) < 4.78 is 16.3. The molecule has 5 nitrogen and oxygen atoms in total. The molecule has 2 rings (SSSR count). The lowest BCUT2D eigenvalue weighted by Crippen LogP contribution is -2.26. The van der Waals surface area contributed by atoms with Gasteiger partial charge in [0.05, 0.1) is 26.7 Å². The van der Waals surface area contributed by atoms with Crippen LogP contribution in [0, 0.1) is 0 Å². The number of benzene rings is 2. The van der Waals surface area contributed by atoms with E-state index >= 15 is 0 Å². The maximum absolute atomic E-state index is 12.1. The van der Waals surface area contributed by atoms with Gasteiger partial charge < -0.3 is 19.5 Å². The maximum Gasteiger partial charge on any atom is 0.224 e. The molecule has 5 heteroatoms. The molecule has 0 aliphatic rings. The van der Waals surface area contributed by atoms with Crippen LogP contribution in [0.1, 0.15) is 30.6 Å². The Kier molecular flexibility index (Phi) is 7.96. The normalized spacial score (nSPS) is 11.7. The fraction of sp³-hybridized carbons (Fsp3) is 0.381. The van der Waals surface area contributed by atoms with Crippen LogP contribution in [-0.4, -0.2) is 33.3 Å². The molecule has 2 aromatic rings. The minimum Gasteiger partial charge on any atom is -0.493 e. The van der Waals surface area contributed by atoms with Crippen LogP contribution in [-0.2, 0) is 16.0 Å². The first-order valence-corrected chi connectivity index (χ1v) is 8.78. The Morgan fingerprint density at radius 1 is 1.04 bits per heavy atom. The van der Waals surface area contributed by atoms with Crippen LogP contribution >= 0.6 is 0 Å². The molecular formula is C21H27NO4. The van der Waals surface area contributed by atoms with Crippen molar-refractivity contribution in [2.45, 2.75) is 25.9 Å². The van der Waals surface area contributed by atoms with Crippen molar-refractivity contribution >= 4 is 5.91 Å². The van der Waals surface area contributed by atoms with Gasteiger partial charge in [-0.25, -0.2) is 0 Å². The monoisotopic (exact) mass is 357 g/mol. The van der Waals surface area contributed by atoms with E-state index in [1.807, 2.05) is 37.3 Å². The Morgan fingerprint density at radius 3 is 2.46 bits per heavy atom. The van der Waals surface area contributed by atoms with Crippen LogP contribution in [0.3, 0.4) is 0 Å². The van der Waals surface area contributed by atoms with Gasteiger partial charge in [0.1, 0.15) is 0 Å². The molecule has 0 radical (unpaired) electrons. The van der Waals surface area contributed by atoms with Crippen molar-refractivity contribution in [1.82, 2.24) is 5.32 Å². The largest absolute Gasteiger partial charge is 0.493 e. The summed E-state index contributed by atoms with van der Waals surface area (Å²) in [5.41, 5.74) is 2.04. The summed E-state index contributed by atoms with van der Waals surface area (Å²) in [5.74, 6) is 1.26. The molecule has 0 aliphatic carbocycles. The van der Waals surface area contributed by atoms with Crippen LogP contribution in [0.4, 0.5) is 0 Å². The fourth-order valence-electron chi connectivity index (χ4n) is 2.62. The van der Waals surface area contributed by atoms with Crippen LogP contribution < -0.4 is 14.8 Å². The summed E-state index contributed by atoms with van der Waals surface area (Å²) in [7, 11) is 3.17. The molecule has 0 saturated heterocycles. The van der Waals surface area contributed by atoms with E-state index in [9.17, 15) is 4.79 Å². The number of carbonyl (C=O) groups is 1. The van der Waals surface area contributed by atoms with E-state index in [0.29, 0.717) is 31.1 Å². The van der Waals surface area contributed by atoms with E-state index in [1.165, 1.54) is 0 Å². The second kappa shape index (κ2) is 10.5. The number of hydrogen-bond donors (Lipinski definition) is 1. The highest BCUT2D eigenvalue weighted by atomic mass is 16.5. The first-order chi connectivity index (χ1) is 12.6. The Balaban J connectivity index is 1.67. The van der Waals surface area contributed by atoms with Crippen molar-refractivity contribution in [3.8, 4) is 11.5 Å². The van der Waals surface area contributed by atoms with Gasteiger partial charge in [-0.2, -0.15) is 0 Å². The molecule has 0 saturated carbocycles. The Bertz CT molecular complexity index is 688. The highest BCUT2D eigenvalue weighted by Gasteiger charge is 2.08. The lowest BCUT2D eigenvalue weighted by atomic mass is 10.1. The van der Waals surface area contributed by atoms with Gasteiger partial charge in [0.25, 0.3) is 0 Å². The van der Waals surface area contributed by atoms with Crippen molar-refractivity contribution in [3.63, 3.8) is 0 Å². The average Bonchev–Trinajstić information content (AvgIpc) is 2.68. The summed E-state index contributed by atoms with van der Waals surface area (Å²) in [6, 6.07) is 15.6. The molecule has 0 heterocycles. The first-order valence-electron chi connectivity index (χ1n) is 8.78. The van der Waals surface area contributed by atoms with Gasteiger partial charge in [0.15, 0.2) is 11.5 Å². The number of nitrogens with one attached hydrogen (secondary N) is 1. The quantitative estimate of drug-likeness (QED) is 0.661. The van der Waals surface area contributed by atoms with E-state index in [4.69, 9.17) is 14.2 Å². The molecule has 1 amide bonds. The van der Waals surface area contributed by atoms with Gasteiger partial charge in [-0.1, -0.05) is 36.4 Å². The predicted octanol–water partition coefficient (Wildman–Crippen LogP) is 3.53. The van der Waals surface area contributed by atoms with Crippen molar-refractivity contribution in [2.75, 3.05) is 27.4 Å². The van der Waals surface area contributed by atoms with Crippen molar-refractivity contribution in [1.29, 1.82) is 0 Å². The molecular weight excluding hydrogens is 330 g/mol. The molecule has 0 aromatic heterocycles. The number of carbonyl (C=O) groups excluding carboxylic acids is 1. The van der Waals surface area contributed by atoms with Crippen molar-refractivity contribution < 1.29 is 19.0 Å². The number of methoxy groups -OCH3 is 2. The summed E-state index contributed by atoms with van der Waals surface area (Å²) in [5, 5.41) is 2.92. The summed E-state index contributed by atoms with van der Waals surface area (Å²) in [4.78, 5) is 12.1. The highest BCUT2D eigenvalue weighted by Crippen LogP contribution is 2.27. The second-order valence-electron chi connectivity index (χ2n) is 5.99. The molecule has 2 aromatic carbocycles. The topological polar surface area (TPSA) is 56.8 Å². The van der Waals surface area contributed by atoms with Gasteiger partial charge in [-0.3, -0.25) is 4.79 Å². The molecule has 0 aliphatic heterocycles. The Labute approximate surface area is 155 Å². The van der Waals surface area contributed by atoms with Crippen LogP contribution in [0.15, 0.2) is 48.5 Å². The van der Waals surface area contributed by atoms with Crippen LogP contribution in [0.25, 0.3) is 0 Å². The van der Waals surface area contributed by atoms with Gasteiger partial charge >= 0.3 is 0 Å².